The van der Waals surface area contributed by atoms with Gasteiger partial charge in [0.05, 0.1) is 31.5 Å². The zero-order valence-electron chi connectivity index (χ0n) is 74.3. The second-order valence-corrected chi connectivity index (χ2v) is 28.9. The summed E-state index contributed by atoms with van der Waals surface area (Å²) in [6, 6.07) is 24.3. The van der Waals surface area contributed by atoms with Crippen molar-refractivity contribution in [3.05, 3.63) is 118 Å². The number of imide groups is 3. The van der Waals surface area contributed by atoms with Gasteiger partial charge in [-0.1, -0.05) is 141 Å². The summed E-state index contributed by atoms with van der Waals surface area (Å²) in [7, 11) is 3.24. The van der Waals surface area contributed by atoms with Gasteiger partial charge in [-0.15, -0.1) is 10.1 Å². The predicted molar refractivity (Wildman–Crippen MR) is 495 cm³/mol. The molecular formula is C81H139N18O26S4-. The van der Waals surface area contributed by atoms with E-state index in [-0.39, 0.29) is 132 Å². The van der Waals surface area contributed by atoms with Gasteiger partial charge in [-0.2, -0.15) is 12.6 Å². The van der Waals surface area contributed by atoms with E-state index in [1.165, 1.54) is 112 Å². The van der Waals surface area contributed by atoms with E-state index < -0.39 is 87.5 Å². The zero-order chi connectivity index (χ0) is 97.9. The average molecular weight is 1910 g/mol. The lowest BCUT2D eigenvalue weighted by Gasteiger charge is -2.15. The van der Waals surface area contributed by atoms with Crippen LogP contribution in [0.4, 0.5) is 0 Å². The Morgan fingerprint density at radius 3 is 0.953 bits per heavy atom. The van der Waals surface area contributed by atoms with Gasteiger partial charge in [-0.3, -0.25) is 96.0 Å². The molecule has 0 aromatic heterocycles. The summed E-state index contributed by atoms with van der Waals surface area (Å²) in [6.45, 7) is 28.9. The fourth-order valence-electron chi connectivity index (χ4n) is 6.70. The number of nitrogens with zero attached hydrogens (tertiary/aromatic N) is 3. The van der Waals surface area contributed by atoms with E-state index in [1.807, 2.05) is 112 Å². The number of amides is 19. The van der Waals surface area contributed by atoms with Crippen LogP contribution in [-0.2, 0) is 140 Å². The molecule has 0 radical (unpaired) electrons. The second kappa shape index (κ2) is 86.5. The van der Waals surface area contributed by atoms with Crippen molar-refractivity contribution in [1.82, 2.24) is 89.5 Å². The molecule has 19 amide bonds. The van der Waals surface area contributed by atoms with E-state index in [4.69, 9.17) is 5.73 Å². The highest BCUT2D eigenvalue weighted by Crippen LogP contribution is 2.20. The molecule has 3 aromatic carbocycles. The van der Waals surface area contributed by atoms with Crippen molar-refractivity contribution in [2.45, 2.75) is 192 Å². The molecular weight excluding hydrogens is 1770 g/mol. The van der Waals surface area contributed by atoms with Gasteiger partial charge in [0.15, 0.2) is 0 Å². The number of carbonyl (C=O) groups is 21. The molecule has 3 aliphatic rings. The third-order valence-electron chi connectivity index (χ3n) is 13.0. The van der Waals surface area contributed by atoms with Crippen LogP contribution in [0.1, 0.15) is 179 Å². The van der Waals surface area contributed by atoms with Crippen molar-refractivity contribution in [1.29, 1.82) is 0 Å². The molecule has 2 fully saturated rings. The number of hydrogen-bond acceptors (Lipinski definition) is 31. The lowest BCUT2D eigenvalue weighted by Crippen LogP contribution is -2.40. The molecule has 734 valence electrons. The topological polar surface area (TPSA) is 638 Å². The van der Waals surface area contributed by atoms with Crippen LogP contribution in [0.15, 0.2) is 84.9 Å². The van der Waals surface area contributed by atoms with Gasteiger partial charge in [0, 0.05) is 155 Å². The highest BCUT2D eigenvalue weighted by Gasteiger charge is 2.45. The van der Waals surface area contributed by atoms with Crippen molar-refractivity contribution in [3.8, 4) is 0 Å². The molecule has 44 nitrogen and oxygen atoms in total. The quantitative estimate of drug-likeness (QED) is 0.0160. The second-order valence-electron chi connectivity index (χ2n) is 24.5. The molecule has 0 bridgehead atoms. The van der Waals surface area contributed by atoms with Gasteiger partial charge in [0.1, 0.15) is 35.1 Å². The normalized spacial score (nSPS) is 11.3. The molecule has 0 spiro atoms. The van der Waals surface area contributed by atoms with Gasteiger partial charge < -0.3 is 94.4 Å². The van der Waals surface area contributed by atoms with Gasteiger partial charge in [0.2, 0.25) is 76.8 Å². The summed E-state index contributed by atoms with van der Waals surface area (Å²) in [4.78, 5) is 231. The average Bonchev–Trinajstić information content (AvgIpc) is 1.65. The number of nitrogens with one attached hydrogen (secondary N) is 14. The Morgan fingerprint density at radius 2 is 0.744 bits per heavy atom. The Morgan fingerprint density at radius 1 is 0.442 bits per heavy atom. The van der Waals surface area contributed by atoms with Gasteiger partial charge >= 0.3 is 11.9 Å². The number of benzene rings is 3. The molecule has 3 heterocycles. The van der Waals surface area contributed by atoms with Gasteiger partial charge in [0.25, 0.3) is 35.4 Å². The van der Waals surface area contributed by atoms with E-state index in [0.29, 0.717) is 43.1 Å². The van der Waals surface area contributed by atoms with Gasteiger partial charge in [-0.05, 0) is 57.7 Å². The number of aryl methyl sites for hydroxylation is 3. The number of nitrogens with two attached hydrogens (primary N) is 1. The molecule has 1 atom stereocenters. The standard InChI is InChI=1S/3C10H13NO.C8H10N2O8S.C8H10N2O5.C7H8N2O3.C4H10N2O.C4H9NOS2.C4H9NO.C3H8N2O.C3H7NOS.2C3H7NO.4CH4/c3*1-8-3-5-10(6-4-8)7-11-9(2)12;1-4(11)9-3-7(13)18-10-6(12)2-5(8(10)14)19(15,16)17;1-5(11)9-4-8(14)15-10-6(12)2-3-7(10)13;1-5(10)8-4-9-6(11)2-3-7(9)12;1-4(7)6-3-5-2;1-4(6)5-3-8-7-2;1-3-5-4(2)6;1-3(6)5-2-4;1-3(5)4-2-6;2*1-3(5)4-2;;;;/h3*3-6H,7H2,1-2H3,(H,11,12);5H,2-3H2,1H3,(H,9,11)(H,15,16,17);2-4H2,1H3,(H,9,11);2-3H,4H2,1H3,(H,8,10);5H,3H2,1-2H3,(H,6,7);3H2,1-2H3,(H,5,6);3H2,1-2H3,(H,5,6);2,4H2,1H3,(H,5,6);6H,2H2,1H3,(H,4,5);2*1-2H3,(H,4,5);4*1H4/p-1. The molecule has 0 aliphatic carbocycles. The number of rotatable bonds is 23. The molecule has 129 heavy (non-hydrogen) atoms. The monoisotopic (exact) mass is 1910 g/mol. The minimum absolute atomic E-state index is 0. The highest BCUT2D eigenvalue weighted by atomic mass is 33.1. The van der Waals surface area contributed by atoms with Crippen LogP contribution in [0.3, 0.4) is 0 Å². The Labute approximate surface area is 771 Å². The van der Waals surface area contributed by atoms with Crippen LogP contribution in [-0.4, -0.2) is 236 Å². The molecule has 1 unspecified atom stereocenters. The van der Waals surface area contributed by atoms with Crippen molar-refractivity contribution in [2.24, 2.45) is 5.73 Å². The maximum Gasteiger partial charge on any atom is 0.352 e. The third kappa shape index (κ3) is 94.7. The van der Waals surface area contributed by atoms with Crippen LogP contribution in [0.25, 0.3) is 0 Å². The Kier molecular flexibility index (Phi) is 93.8. The van der Waals surface area contributed by atoms with Crippen LogP contribution in [0, 0.1) is 20.8 Å². The molecule has 48 heteroatoms. The number of carbonyl (C=O) groups excluding carboxylic acids is 21. The van der Waals surface area contributed by atoms with Gasteiger partial charge in [-0.25, -0.2) is 18.0 Å². The van der Waals surface area contributed by atoms with Crippen molar-refractivity contribution < 1.29 is 123 Å². The third-order valence-corrected chi connectivity index (χ3v) is 15.7. The predicted octanol–water partition coefficient (Wildman–Crippen LogP) is 1.51. The summed E-state index contributed by atoms with van der Waals surface area (Å²) in [5.41, 5.74) is 12.0. The van der Waals surface area contributed by atoms with E-state index in [1.54, 1.807) is 42.7 Å². The molecule has 3 aliphatic heterocycles. The summed E-state index contributed by atoms with van der Waals surface area (Å²) in [5.74, 6) is -6.53. The van der Waals surface area contributed by atoms with Crippen LogP contribution in [0.2, 0.25) is 0 Å². The summed E-state index contributed by atoms with van der Waals surface area (Å²) in [6.07, 6.45) is 3.54. The fraction of sp³-hybridized carbons (Fsp3) is 0.494. The first-order valence-electron chi connectivity index (χ1n) is 37.1. The molecule has 3 aromatic rings. The summed E-state index contributed by atoms with van der Waals surface area (Å²) in [5, 5.41) is 33.2. The minimum atomic E-state index is -5.00. The summed E-state index contributed by atoms with van der Waals surface area (Å²) >= 11 is 3.73. The number of thiol groups is 1. The van der Waals surface area contributed by atoms with Crippen molar-refractivity contribution >= 4 is 169 Å². The molecule has 2 saturated heterocycles. The first kappa shape index (κ1) is 140. The minimum Gasteiger partial charge on any atom is -0.747 e. The molecule has 16 N–H and O–H groups in total. The fourth-order valence-corrected chi connectivity index (χ4v) is 8.53. The Balaban J connectivity index is -0.000000132. The van der Waals surface area contributed by atoms with E-state index in [2.05, 4.69) is 91.4 Å². The molecule has 6 rings (SSSR count). The van der Waals surface area contributed by atoms with Crippen molar-refractivity contribution in [2.75, 3.05) is 78.8 Å². The maximum absolute atomic E-state index is 11.4. The van der Waals surface area contributed by atoms with Crippen LogP contribution >= 0.6 is 34.2 Å². The number of hydroxylamine groups is 4. The zero-order valence-corrected chi connectivity index (χ0v) is 77.6. The summed E-state index contributed by atoms with van der Waals surface area (Å²) < 4.78 is 32.0. The Bertz CT molecular complexity index is 3830. The first-order valence-corrected chi connectivity index (χ1v) is 42.0. The maximum atomic E-state index is 11.4. The van der Waals surface area contributed by atoms with E-state index in [0.717, 1.165) is 35.1 Å². The number of hydrogen-bond donors (Lipinski definition) is 16. The van der Waals surface area contributed by atoms with Crippen LogP contribution < -0.4 is 80.2 Å². The van der Waals surface area contributed by atoms with E-state index in [9.17, 15) is 114 Å². The molecule has 0 saturated carbocycles. The lowest BCUT2D eigenvalue weighted by molar-refractivity contribution is -0.196. The SMILES string of the molecule is C.C.C.C.CC(=O)NCC(=O)ON1C(=O)CC(S(=O)(=O)[O-])C1=O.CC(=O)NCC(=O)ON1C(=O)CCC1=O.CC(=O)NCN.CC(=O)NCN1C(=O)C=CC1=O.CC(=O)NCS.CC(=O)NCc1ccc(C)cc1.CC(=O)NCc1ccc(C)cc1.CC(=O)NCc1ccc(C)cc1.CCNC(C)=O.CNC(C)=O.CNC(C)=O.CNCNC(C)=O.CSSCNC(C)=O. The van der Waals surface area contributed by atoms with Crippen molar-refractivity contribution in [3.63, 3.8) is 0 Å². The Hall–Kier alpha value is -12.3. The largest absolute Gasteiger partial charge is 0.747 e. The highest BCUT2D eigenvalue weighted by molar-refractivity contribution is 8.76. The smallest absolute Gasteiger partial charge is 0.352 e. The lowest BCUT2D eigenvalue weighted by atomic mass is 10.1. The van der Waals surface area contributed by atoms with Crippen LogP contribution in [0.5, 0.6) is 0 Å². The first-order chi connectivity index (χ1) is 58.2. The van der Waals surface area contributed by atoms with E-state index >= 15 is 0 Å².